The van der Waals surface area contributed by atoms with Crippen molar-refractivity contribution in [1.29, 1.82) is 0 Å². The summed E-state index contributed by atoms with van der Waals surface area (Å²) in [6, 6.07) is 6.59. The highest BCUT2D eigenvalue weighted by molar-refractivity contribution is 5.83. The number of hydrogen-bond acceptors (Lipinski definition) is 3. The number of benzene rings is 1. The van der Waals surface area contributed by atoms with Crippen LogP contribution in [0.25, 0.3) is 0 Å². The van der Waals surface area contributed by atoms with Gasteiger partial charge in [-0.05, 0) is 30.0 Å². The Hall–Kier alpha value is -2.24. The Bertz CT molecular complexity index is 785. The Balaban J connectivity index is 1.45. The molecule has 0 saturated heterocycles. The lowest BCUT2D eigenvalue weighted by Crippen LogP contribution is -2.39. The maximum Gasteiger partial charge on any atom is 0.226 e. The van der Waals surface area contributed by atoms with Crippen LogP contribution >= 0.6 is 0 Å². The van der Waals surface area contributed by atoms with Crippen LogP contribution < -0.4 is 0 Å². The summed E-state index contributed by atoms with van der Waals surface area (Å²) < 4.78 is 15.5. The predicted molar refractivity (Wildman–Crippen MR) is 86.8 cm³/mol. The van der Waals surface area contributed by atoms with E-state index in [2.05, 4.69) is 28.6 Å². The van der Waals surface area contributed by atoms with Crippen LogP contribution in [0.4, 0.5) is 4.39 Å². The topological polar surface area (TPSA) is 51.0 Å². The van der Waals surface area contributed by atoms with Gasteiger partial charge in [0.1, 0.15) is 11.6 Å². The van der Waals surface area contributed by atoms with Crippen molar-refractivity contribution in [3.8, 4) is 0 Å². The maximum atomic E-state index is 13.4. The third-order valence-corrected chi connectivity index (χ3v) is 4.99. The number of rotatable bonds is 3. The fourth-order valence-corrected chi connectivity index (χ4v) is 3.60. The molecule has 2 atom stereocenters. The quantitative estimate of drug-likeness (QED) is 0.870. The Morgan fingerprint density at radius 1 is 1.29 bits per heavy atom. The molecule has 0 bridgehead atoms. The normalized spacial score (nSPS) is 22.6. The van der Waals surface area contributed by atoms with Crippen molar-refractivity contribution in [2.75, 3.05) is 6.54 Å². The first-order valence-electron chi connectivity index (χ1n) is 8.51. The van der Waals surface area contributed by atoms with E-state index >= 15 is 0 Å². The van der Waals surface area contributed by atoms with Gasteiger partial charge >= 0.3 is 0 Å². The molecule has 0 spiro atoms. The van der Waals surface area contributed by atoms with Gasteiger partial charge in [-0.2, -0.15) is 0 Å². The molecule has 0 N–H and O–H groups in total. The molecule has 1 aromatic heterocycles. The number of carbonyl (C=O) groups excluding carboxylic acids is 1. The van der Waals surface area contributed by atoms with E-state index in [1.54, 1.807) is 12.1 Å². The van der Waals surface area contributed by atoms with Gasteiger partial charge < -0.3 is 9.47 Å². The first-order chi connectivity index (χ1) is 11.5. The first kappa shape index (κ1) is 15.3. The summed E-state index contributed by atoms with van der Waals surface area (Å²) in [7, 11) is 0. The van der Waals surface area contributed by atoms with E-state index in [-0.39, 0.29) is 23.6 Å². The van der Waals surface area contributed by atoms with Gasteiger partial charge in [-0.3, -0.25) is 4.79 Å². The van der Waals surface area contributed by atoms with E-state index in [1.165, 1.54) is 6.07 Å². The molecular formula is C18H21FN4O. The van der Waals surface area contributed by atoms with Crippen molar-refractivity contribution < 1.29 is 9.18 Å². The van der Waals surface area contributed by atoms with Gasteiger partial charge in [-0.1, -0.05) is 26.0 Å². The summed E-state index contributed by atoms with van der Waals surface area (Å²) in [5, 5.41) is 8.51. The fourth-order valence-electron chi connectivity index (χ4n) is 3.60. The minimum atomic E-state index is -0.238. The van der Waals surface area contributed by atoms with Gasteiger partial charge in [0.25, 0.3) is 0 Å². The second-order valence-corrected chi connectivity index (χ2v) is 7.04. The van der Waals surface area contributed by atoms with Crippen LogP contribution in [0, 0.1) is 11.7 Å². The minimum absolute atomic E-state index is 0.0224. The molecule has 24 heavy (non-hydrogen) atoms. The van der Waals surface area contributed by atoms with E-state index in [4.69, 9.17) is 0 Å². The van der Waals surface area contributed by atoms with Gasteiger partial charge in [0, 0.05) is 24.9 Å². The molecule has 4 rings (SSSR count). The molecule has 2 unspecified atom stereocenters. The molecule has 2 heterocycles. The molecule has 2 aliphatic rings. The zero-order valence-corrected chi connectivity index (χ0v) is 13.9. The summed E-state index contributed by atoms with van der Waals surface area (Å²) in [5.74, 6) is 2.23. The van der Waals surface area contributed by atoms with Crippen molar-refractivity contribution in [1.82, 2.24) is 19.7 Å². The highest BCUT2D eigenvalue weighted by Gasteiger charge is 2.46. The van der Waals surface area contributed by atoms with Gasteiger partial charge in [0.2, 0.25) is 5.91 Å². The maximum absolute atomic E-state index is 13.4. The summed E-state index contributed by atoms with van der Waals surface area (Å²) in [6.07, 6.45) is 0.808. The van der Waals surface area contributed by atoms with Crippen molar-refractivity contribution in [2.45, 2.75) is 45.2 Å². The third kappa shape index (κ3) is 2.60. The number of aromatic nitrogens is 3. The molecule has 1 aliphatic heterocycles. The smallest absolute Gasteiger partial charge is 0.226 e. The number of amides is 1. The van der Waals surface area contributed by atoms with E-state index in [9.17, 15) is 9.18 Å². The number of halogens is 1. The molecule has 0 radical (unpaired) electrons. The van der Waals surface area contributed by atoms with E-state index in [1.807, 2.05) is 11.0 Å². The van der Waals surface area contributed by atoms with Crippen LogP contribution in [-0.4, -0.2) is 32.1 Å². The van der Waals surface area contributed by atoms with Gasteiger partial charge in [0.15, 0.2) is 5.82 Å². The average Bonchev–Trinajstić information content (AvgIpc) is 3.25. The highest BCUT2D eigenvalue weighted by Crippen LogP contribution is 2.48. The summed E-state index contributed by atoms with van der Waals surface area (Å²) in [5.41, 5.74) is 0.927. The fraction of sp³-hybridized carbons (Fsp3) is 0.500. The summed E-state index contributed by atoms with van der Waals surface area (Å²) in [6.45, 7) is 6.16. The Kier molecular flexibility index (Phi) is 3.62. The Morgan fingerprint density at radius 2 is 2.12 bits per heavy atom. The lowest BCUT2D eigenvalue weighted by Gasteiger charge is -2.28. The molecule has 6 heteroatoms. The van der Waals surface area contributed by atoms with Crippen LogP contribution in [-0.2, 0) is 17.9 Å². The number of carbonyl (C=O) groups is 1. The summed E-state index contributed by atoms with van der Waals surface area (Å²) >= 11 is 0. The Morgan fingerprint density at radius 3 is 2.88 bits per heavy atom. The van der Waals surface area contributed by atoms with E-state index < -0.39 is 0 Å². The molecule has 126 valence electrons. The zero-order valence-electron chi connectivity index (χ0n) is 13.9. The number of hydrogen-bond donors (Lipinski definition) is 0. The average molecular weight is 328 g/mol. The number of nitrogens with zero attached hydrogens (tertiary/aromatic N) is 4. The molecule has 2 aromatic rings. The van der Waals surface area contributed by atoms with Crippen molar-refractivity contribution in [3.05, 3.63) is 47.3 Å². The van der Waals surface area contributed by atoms with Crippen LogP contribution in [0.1, 0.15) is 49.3 Å². The Labute approximate surface area is 140 Å². The predicted octanol–water partition coefficient (Wildman–Crippen LogP) is 2.69. The van der Waals surface area contributed by atoms with Crippen LogP contribution in [0.5, 0.6) is 0 Å². The molecule has 1 aliphatic carbocycles. The lowest BCUT2D eigenvalue weighted by atomic mass is 10.1. The van der Waals surface area contributed by atoms with Crippen molar-refractivity contribution in [3.63, 3.8) is 0 Å². The van der Waals surface area contributed by atoms with Gasteiger partial charge in [-0.15, -0.1) is 10.2 Å². The first-order valence-corrected chi connectivity index (χ1v) is 8.51. The minimum Gasteiger partial charge on any atom is -0.333 e. The molecule has 5 nitrogen and oxygen atoms in total. The largest absolute Gasteiger partial charge is 0.333 e. The second-order valence-electron chi connectivity index (χ2n) is 7.04. The standard InChI is InChI=1S/C18H21FN4O/c1-11(2)17-21-20-16-10-22(6-7-23(16)17)18(24)15-9-14(15)12-4-3-5-13(19)8-12/h3-5,8,11,14-15H,6-7,9-10H2,1-2H3. The monoisotopic (exact) mass is 328 g/mol. The van der Waals surface area contributed by atoms with Crippen molar-refractivity contribution in [2.24, 2.45) is 5.92 Å². The number of fused-ring (bicyclic) bond motifs is 1. The molecule has 1 amide bonds. The van der Waals surface area contributed by atoms with Gasteiger partial charge in [0.05, 0.1) is 6.54 Å². The van der Waals surface area contributed by atoms with E-state index in [0.29, 0.717) is 19.0 Å². The molecule has 1 fully saturated rings. The molecule has 1 saturated carbocycles. The second kappa shape index (κ2) is 5.69. The van der Waals surface area contributed by atoms with Crippen LogP contribution in [0.2, 0.25) is 0 Å². The highest BCUT2D eigenvalue weighted by atomic mass is 19.1. The van der Waals surface area contributed by atoms with Crippen molar-refractivity contribution >= 4 is 5.91 Å². The molecule has 1 aromatic carbocycles. The summed E-state index contributed by atoms with van der Waals surface area (Å²) in [4.78, 5) is 14.6. The van der Waals surface area contributed by atoms with Crippen LogP contribution in [0.3, 0.4) is 0 Å². The third-order valence-electron chi connectivity index (χ3n) is 4.99. The SMILES string of the molecule is CC(C)c1nnc2n1CCN(C(=O)C1CC1c1cccc(F)c1)C2. The van der Waals surface area contributed by atoms with E-state index in [0.717, 1.165) is 30.2 Å². The lowest BCUT2D eigenvalue weighted by molar-refractivity contribution is -0.134. The van der Waals surface area contributed by atoms with Gasteiger partial charge in [-0.25, -0.2) is 4.39 Å². The van der Waals surface area contributed by atoms with Crippen LogP contribution in [0.15, 0.2) is 24.3 Å². The zero-order chi connectivity index (χ0) is 16.8. The molecular weight excluding hydrogens is 307 g/mol.